The zero-order valence-corrected chi connectivity index (χ0v) is 16.5. The third-order valence-corrected chi connectivity index (χ3v) is 4.91. The van der Waals surface area contributed by atoms with Crippen molar-refractivity contribution in [3.8, 4) is 5.75 Å². The highest BCUT2D eigenvalue weighted by molar-refractivity contribution is 6.08. The SMILES string of the molecule is CCc1ccc(C(=O)Nc2n[nH]c3ccc(OCc4c(F)ccc(F)c4F)cc23)cc1. The minimum Gasteiger partial charge on any atom is -0.489 e. The van der Waals surface area contributed by atoms with Crippen LogP contribution in [0, 0.1) is 17.5 Å². The first-order chi connectivity index (χ1) is 15.0. The fourth-order valence-electron chi connectivity index (χ4n) is 3.11. The molecule has 158 valence electrons. The van der Waals surface area contributed by atoms with Gasteiger partial charge in [0.15, 0.2) is 17.5 Å². The van der Waals surface area contributed by atoms with Crippen LogP contribution in [0.15, 0.2) is 54.6 Å². The van der Waals surface area contributed by atoms with E-state index >= 15 is 0 Å². The van der Waals surface area contributed by atoms with Gasteiger partial charge in [-0.05, 0) is 54.4 Å². The highest BCUT2D eigenvalue weighted by Crippen LogP contribution is 2.27. The molecule has 0 radical (unpaired) electrons. The average Bonchev–Trinajstić information content (AvgIpc) is 3.18. The number of amides is 1. The lowest BCUT2D eigenvalue weighted by atomic mass is 10.1. The molecular formula is C23H18F3N3O2. The molecule has 0 aliphatic heterocycles. The minimum atomic E-state index is -1.29. The quantitative estimate of drug-likeness (QED) is 0.408. The standard InChI is InChI=1S/C23H18F3N3O2/c1-2-13-3-5-14(6-4-13)23(30)27-22-16-11-15(7-10-20(16)28-29-22)31-12-17-18(24)8-9-19(25)21(17)26/h3-11H,2,12H2,1H3,(H2,27,28,29,30). The number of fused-ring (bicyclic) bond motifs is 1. The monoisotopic (exact) mass is 425 g/mol. The molecule has 3 aromatic carbocycles. The maximum absolute atomic E-state index is 13.8. The van der Waals surface area contributed by atoms with E-state index in [1.165, 1.54) is 0 Å². The fraction of sp³-hybridized carbons (Fsp3) is 0.130. The van der Waals surface area contributed by atoms with E-state index in [0.717, 1.165) is 24.1 Å². The molecule has 1 amide bonds. The Balaban J connectivity index is 1.53. The number of anilines is 1. The van der Waals surface area contributed by atoms with Crippen LogP contribution < -0.4 is 10.1 Å². The van der Waals surface area contributed by atoms with Crippen LogP contribution in [0.3, 0.4) is 0 Å². The Hall–Kier alpha value is -3.81. The van der Waals surface area contributed by atoms with Crippen molar-refractivity contribution in [2.45, 2.75) is 20.0 Å². The molecule has 1 aromatic heterocycles. The van der Waals surface area contributed by atoms with Crippen molar-refractivity contribution in [2.75, 3.05) is 5.32 Å². The average molecular weight is 425 g/mol. The summed E-state index contributed by atoms with van der Waals surface area (Å²) in [4.78, 5) is 12.5. The first-order valence-electron chi connectivity index (χ1n) is 9.60. The van der Waals surface area contributed by atoms with Crippen LogP contribution in [0.2, 0.25) is 0 Å². The molecule has 0 bridgehead atoms. The van der Waals surface area contributed by atoms with Crippen LogP contribution >= 0.6 is 0 Å². The summed E-state index contributed by atoms with van der Waals surface area (Å²) in [6.45, 7) is 1.53. The van der Waals surface area contributed by atoms with Crippen molar-refractivity contribution >= 4 is 22.6 Å². The van der Waals surface area contributed by atoms with Crippen LogP contribution in [-0.4, -0.2) is 16.1 Å². The van der Waals surface area contributed by atoms with Crippen molar-refractivity contribution < 1.29 is 22.7 Å². The molecule has 31 heavy (non-hydrogen) atoms. The number of ether oxygens (including phenoxy) is 1. The maximum Gasteiger partial charge on any atom is 0.256 e. The van der Waals surface area contributed by atoms with E-state index < -0.39 is 29.6 Å². The number of nitrogens with one attached hydrogen (secondary N) is 2. The summed E-state index contributed by atoms with van der Waals surface area (Å²) in [5.41, 5.74) is 1.73. The highest BCUT2D eigenvalue weighted by Gasteiger charge is 2.16. The first-order valence-corrected chi connectivity index (χ1v) is 9.60. The second kappa shape index (κ2) is 8.51. The molecule has 0 saturated heterocycles. The molecule has 0 aliphatic rings. The first kappa shape index (κ1) is 20.5. The van der Waals surface area contributed by atoms with Gasteiger partial charge in [0.2, 0.25) is 0 Å². The van der Waals surface area contributed by atoms with Gasteiger partial charge in [0.05, 0.1) is 11.1 Å². The lowest BCUT2D eigenvalue weighted by Gasteiger charge is -2.09. The Kier molecular flexibility index (Phi) is 5.62. The third kappa shape index (κ3) is 4.23. The van der Waals surface area contributed by atoms with Gasteiger partial charge in [-0.1, -0.05) is 19.1 Å². The van der Waals surface area contributed by atoms with E-state index in [0.29, 0.717) is 16.5 Å². The lowest BCUT2D eigenvalue weighted by molar-refractivity contribution is 0.102. The minimum absolute atomic E-state index is 0.278. The number of hydrogen-bond donors (Lipinski definition) is 2. The second-order valence-electron chi connectivity index (χ2n) is 6.89. The van der Waals surface area contributed by atoms with E-state index in [2.05, 4.69) is 15.5 Å². The van der Waals surface area contributed by atoms with E-state index in [9.17, 15) is 18.0 Å². The molecule has 2 N–H and O–H groups in total. The summed E-state index contributed by atoms with van der Waals surface area (Å²) in [5, 5.41) is 10.2. The molecule has 5 nitrogen and oxygen atoms in total. The van der Waals surface area contributed by atoms with Crippen molar-refractivity contribution in [3.63, 3.8) is 0 Å². The Morgan fingerprint density at radius 2 is 1.77 bits per heavy atom. The third-order valence-electron chi connectivity index (χ3n) is 4.91. The smallest absolute Gasteiger partial charge is 0.256 e. The number of halogens is 3. The number of aryl methyl sites for hydroxylation is 1. The Labute approximate surface area is 175 Å². The maximum atomic E-state index is 13.8. The normalized spacial score (nSPS) is 11.0. The summed E-state index contributed by atoms with van der Waals surface area (Å²) >= 11 is 0. The number of benzene rings is 3. The predicted octanol–water partition coefficient (Wildman–Crippen LogP) is 5.37. The molecule has 0 fully saturated rings. The van der Waals surface area contributed by atoms with Crippen LogP contribution in [-0.2, 0) is 13.0 Å². The zero-order chi connectivity index (χ0) is 22.0. The van der Waals surface area contributed by atoms with E-state index in [1.54, 1.807) is 30.3 Å². The molecule has 4 aromatic rings. The van der Waals surface area contributed by atoms with Gasteiger partial charge >= 0.3 is 0 Å². The predicted molar refractivity (Wildman–Crippen MR) is 111 cm³/mol. The van der Waals surface area contributed by atoms with Gasteiger partial charge < -0.3 is 10.1 Å². The van der Waals surface area contributed by atoms with E-state index in [1.807, 2.05) is 19.1 Å². The summed E-state index contributed by atoms with van der Waals surface area (Å²) in [5.74, 6) is -3.10. The number of carbonyl (C=O) groups is 1. The summed E-state index contributed by atoms with van der Waals surface area (Å²) in [6.07, 6.45) is 0.873. The summed E-state index contributed by atoms with van der Waals surface area (Å²) in [6, 6.07) is 13.6. The van der Waals surface area contributed by atoms with Gasteiger partial charge in [0.1, 0.15) is 18.2 Å². The number of carbonyl (C=O) groups excluding carboxylic acids is 1. The number of nitrogens with zero attached hydrogens (tertiary/aromatic N) is 1. The van der Waals surface area contributed by atoms with E-state index in [-0.39, 0.29) is 17.5 Å². The van der Waals surface area contributed by atoms with Gasteiger partial charge in [-0.2, -0.15) is 5.10 Å². The van der Waals surface area contributed by atoms with Gasteiger partial charge in [0.25, 0.3) is 5.91 Å². The number of rotatable bonds is 6. The molecule has 0 saturated carbocycles. The van der Waals surface area contributed by atoms with Gasteiger partial charge in [-0.3, -0.25) is 9.89 Å². The van der Waals surface area contributed by atoms with Gasteiger partial charge in [-0.25, -0.2) is 13.2 Å². The molecule has 4 rings (SSSR count). The topological polar surface area (TPSA) is 67.0 Å². The second-order valence-corrected chi connectivity index (χ2v) is 6.89. The molecule has 0 aliphatic carbocycles. The Morgan fingerprint density at radius 3 is 2.52 bits per heavy atom. The number of H-pyrrole nitrogens is 1. The van der Waals surface area contributed by atoms with Crippen molar-refractivity contribution in [3.05, 3.63) is 88.7 Å². The van der Waals surface area contributed by atoms with Crippen LogP contribution in [0.1, 0.15) is 28.4 Å². The van der Waals surface area contributed by atoms with Crippen molar-refractivity contribution in [1.29, 1.82) is 0 Å². The molecule has 0 unspecified atom stereocenters. The van der Waals surface area contributed by atoms with Crippen LogP contribution in [0.5, 0.6) is 5.75 Å². The molecule has 1 heterocycles. The fourth-order valence-corrected chi connectivity index (χ4v) is 3.11. The highest BCUT2D eigenvalue weighted by atomic mass is 19.2. The van der Waals surface area contributed by atoms with Crippen LogP contribution in [0.25, 0.3) is 10.9 Å². The molecule has 0 spiro atoms. The van der Waals surface area contributed by atoms with Crippen molar-refractivity contribution in [2.24, 2.45) is 0 Å². The molecule has 0 atom stereocenters. The van der Waals surface area contributed by atoms with Gasteiger partial charge in [-0.15, -0.1) is 0 Å². The van der Waals surface area contributed by atoms with Crippen LogP contribution in [0.4, 0.5) is 19.0 Å². The number of hydrogen-bond acceptors (Lipinski definition) is 3. The summed E-state index contributed by atoms with van der Waals surface area (Å²) < 4.78 is 46.4. The van der Waals surface area contributed by atoms with Crippen molar-refractivity contribution in [1.82, 2.24) is 10.2 Å². The van der Waals surface area contributed by atoms with Gasteiger partial charge in [0, 0.05) is 10.9 Å². The number of aromatic nitrogens is 2. The molecular weight excluding hydrogens is 407 g/mol. The summed E-state index contributed by atoms with van der Waals surface area (Å²) in [7, 11) is 0. The number of aromatic amines is 1. The van der Waals surface area contributed by atoms with E-state index in [4.69, 9.17) is 4.74 Å². The Morgan fingerprint density at radius 1 is 1.03 bits per heavy atom. The largest absolute Gasteiger partial charge is 0.489 e. The lowest BCUT2D eigenvalue weighted by Crippen LogP contribution is -2.12. The Bertz CT molecular complexity index is 1250. The zero-order valence-electron chi connectivity index (χ0n) is 16.5. The molecule has 8 heteroatoms.